The number of halogens is 2. The molecular weight excluding hydrogens is 251 g/mol. The average Bonchev–Trinajstić information content (AvgIpc) is 2.25. The number of rotatable bonds is 2. The van der Waals surface area contributed by atoms with Gasteiger partial charge in [-0.25, -0.2) is 4.39 Å². The van der Waals surface area contributed by atoms with Crippen molar-refractivity contribution in [1.29, 1.82) is 0 Å². The first-order valence-electron chi connectivity index (χ1n) is 5.92. The van der Waals surface area contributed by atoms with Crippen molar-refractivity contribution in [1.82, 2.24) is 4.98 Å². The summed E-state index contributed by atoms with van der Waals surface area (Å²) in [6.45, 7) is 6.15. The van der Waals surface area contributed by atoms with Crippen LogP contribution in [0, 0.1) is 12.7 Å². The van der Waals surface area contributed by atoms with Crippen LogP contribution in [0.4, 0.5) is 10.1 Å². The molecule has 0 unspecified atom stereocenters. The Hall–Kier alpha value is -1.35. The van der Waals surface area contributed by atoms with Gasteiger partial charge in [-0.2, -0.15) is 0 Å². The molecule has 96 valence electrons. The summed E-state index contributed by atoms with van der Waals surface area (Å²) in [6, 6.07) is 2.74. The summed E-state index contributed by atoms with van der Waals surface area (Å²) >= 11 is 6.16. The molecule has 0 aliphatic rings. The monoisotopic (exact) mass is 266 g/mol. The van der Waals surface area contributed by atoms with E-state index in [1.807, 2.05) is 14.0 Å². The smallest absolute Gasteiger partial charge is 0.126 e. The topological polar surface area (TPSA) is 24.9 Å². The normalized spacial score (nSPS) is 11.3. The molecule has 2 nitrogen and oxygen atoms in total. The van der Waals surface area contributed by atoms with E-state index in [0.717, 1.165) is 22.3 Å². The molecular formula is C14H16ClFN2. The minimum Gasteiger partial charge on any atom is -0.387 e. The van der Waals surface area contributed by atoms with E-state index in [-0.39, 0.29) is 5.82 Å². The second-order valence-corrected chi connectivity index (χ2v) is 5.08. The zero-order valence-corrected chi connectivity index (χ0v) is 11.7. The number of benzene rings is 1. The van der Waals surface area contributed by atoms with Crippen molar-refractivity contribution in [2.45, 2.75) is 26.7 Å². The maximum absolute atomic E-state index is 13.4. The van der Waals surface area contributed by atoms with E-state index in [0.29, 0.717) is 16.5 Å². The van der Waals surface area contributed by atoms with Crippen LogP contribution in [-0.4, -0.2) is 12.0 Å². The average molecular weight is 267 g/mol. The molecule has 2 aromatic rings. The minimum atomic E-state index is -0.362. The predicted octanol–water partition coefficient (Wildman–Crippen LogP) is 4.50. The minimum absolute atomic E-state index is 0.325. The van der Waals surface area contributed by atoms with Crippen molar-refractivity contribution in [3.63, 3.8) is 0 Å². The number of nitrogens with zero attached hydrogens (tertiary/aromatic N) is 1. The Morgan fingerprint density at radius 3 is 2.56 bits per heavy atom. The Bertz CT molecular complexity index is 609. The van der Waals surface area contributed by atoms with Crippen molar-refractivity contribution >= 4 is 28.2 Å². The molecule has 0 aliphatic carbocycles. The molecule has 2 rings (SSSR count). The van der Waals surface area contributed by atoms with Crippen LogP contribution in [0.25, 0.3) is 10.9 Å². The third kappa shape index (κ3) is 2.03. The highest BCUT2D eigenvalue weighted by Gasteiger charge is 2.17. The third-order valence-corrected chi connectivity index (χ3v) is 3.36. The number of hydrogen-bond acceptors (Lipinski definition) is 2. The van der Waals surface area contributed by atoms with Gasteiger partial charge in [0, 0.05) is 24.2 Å². The van der Waals surface area contributed by atoms with Gasteiger partial charge >= 0.3 is 0 Å². The van der Waals surface area contributed by atoms with Crippen LogP contribution in [0.5, 0.6) is 0 Å². The van der Waals surface area contributed by atoms with Crippen molar-refractivity contribution < 1.29 is 4.39 Å². The van der Waals surface area contributed by atoms with Gasteiger partial charge in [-0.1, -0.05) is 25.4 Å². The zero-order chi connectivity index (χ0) is 13.4. The number of hydrogen-bond donors (Lipinski definition) is 1. The van der Waals surface area contributed by atoms with Gasteiger partial charge in [-0.05, 0) is 24.5 Å². The van der Waals surface area contributed by atoms with E-state index in [4.69, 9.17) is 11.6 Å². The molecule has 0 saturated heterocycles. The Kier molecular flexibility index (Phi) is 3.44. The first-order chi connectivity index (χ1) is 8.45. The van der Waals surface area contributed by atoms with Crippen LogP contribution in [0.3, 0.4) is 0 Å². The quantitative estimate of drug-likeness (QED) is 0.866. The largest absolute Gasteiger partial charge is 0.387 e. The maximum atomic E-state index is 13.4. The van der Waals surface area contributed by atoms with Crippen molar-refractivity contribution in [3.05, 3.63) is 34.2 Å². The summed E-state index contributed by atoms with van der Waals surface area (Å²) in [4.78, 5) is 4.46. The van der Waals surface area contributed by atoms with Crippen molar-refractivity contribution in [2.75, 3.05) is 12.4 Å². The molecule has 0 radical (unpaired) electrons. The Labute approximate surface area is 111 Å². The lowest BCUT2D eigenvalue weighted by Crippen LogP contribution is -2.04. The number of pyridine rings is 1. The Balaban J connectivity index is 2.94. The lowest BCUT2D eigenvalue weighted by atomic mass is 9.96. The summed E-state index contributed by atoms with van der Waals surface area (Å²) in [5.74, 6) is -0.0378. The summed E-state index contributed by atoms with van der Waals surface area (Å²) in [7, 11) is 1.85. The Morgan fingerprint density at radius 1 is 1.33 bits per heavy atom. The number of aryl methyl sites for hydroxylation is 1. The maximum Gasteiger partial charge on any atom is 0.126 e. The highest BCUT2D eigenvalue weighted by Crippen LogP contribution is 2.37. The molecule has 0 bridgehead atoms. The first-order valence-corrected chi connectivity index (χ1v) is 6.30. The van der Waals surface area contributed by atoms with Crippen LogP contribution >= 0.6 is 11.6 Å². The molecule has 0 saturated carbocycles. The second kappa shape index (κ2) is 4.73. The van der Waals surface area contributed by atoms with Crippen molar-refractivity contribution in [2.24, 2.45) is 0 Å². The molecule has 0 fully saturated rings. The lowest BCUT2D eigenvalue weighted by Gasteiger charge is -2.18. The second-order valence-electron chi connectivity index (χ2n) is 4.67. The zero-order valence-electron chi connectivity index (χ0n) is 10.9. The third-order valence-electron chi connectivity index (χ3n) is 3.06. The van der Waals surface area contributed by atoms with Crippen LogP contribution in [0.2, 0.25) is 5.02 Å². The molecule has 0 atom stereocenters. The Morgan fingerprint density at radius 2 is 2.00 bits per heavy atom. The van der Waals surface area contributed by atoms with Crippen molar-refractivity contribution in [3.8, 4) is 0 Å². The summed E-state index contributed by atoms with van der Waals surface area (Å²) in [6.07, 6.45) is 0. The summed E-state index contributed by atoms with van der Waals surface area (Å²) < 4.78 is 13.4. The predicted molar refractivity (Wildman–Crippen MR) is 75.1 cm³/mol. The van der Waals surface area contributed by atoms with Gasteiger partial charge in [0.05, 0.1) is 16.2 Å². The highest BCUT2D eigenvalue weighted by atomic mass is 35.5. The van der Waals surface area contributed by atoms with Crippen LogP contribution in [0.1, 0.15) is 31.0 Å². The van der Waals surface area contributed by atoms with Gasteiger partial charge < -0.3 is 5.32 Å². The molecule has 1 aromatic heterocycles. The molecule has 1 aromatic carbocycles. The van der Waals surface area contributed by atoms with Gasteiger partial charge in [0.2, 0.25) is 0 Å². The number of nitrogens with one attached hydrogen (secondary N) is 1. The first kappa shape index (κ1) is 13.1. The standard InChI is InChI=1S/C14H16ClFN2/c1-7(2)12-8(3)18-11-6-9(16)5-10(15)13(11)14(12)17-4/h5-7H,1-4H3,(H,17,18). The van der Waals surface area contributed by atoms with Gasteiger partial charge in [0.1, 0.15) is 5.82 Å². The van der Waals surface area contributed by atoms with Gasteiger partial charge in [0.15, 0.2) is 0 Å². The molecule has 18 heavy (non-hydrogen) atoms. The van der Waals surface area contributed by atoms with E-state index in [2.05, 4.69) is 24.1 Å². The fraction of sp³-hybridized carbons (Fsp3) is 0.357. The van der Waals surface area contributed by atoms with Crippen LogP contribution in [0.15, 0.2) is 12.1 Å². The fourth-order valence-corrected chi connectivity index (χ4v) is 2.71. The SMILES string of the molecule is CNc1c(C(C)C)c(C)nc2cc(F)cc(Cl)c12. The number of aromatic nitrogens is 1. The molecule has 0 amide bonds. The highest BCUT2D eigenvalue weighted by molar-refractivity contribution is 6.36. The van der Waals surface area contributed by atoms with Crippen LogP contribution in [-0.2, 0) is 0 Å². The van der Waals surface area contributed by atoms with E-state index < -0.39 is 0 Å². The number of anilines is 1. The van der Waals surface area contributed by atoms with E-state index in [1.165, 1.54) is 12.1 Å². The van der Waals surface area contributed by atoms with E-state index in [9.17, 15) is 4.39 Å². The molecule has 1 N–H and O–H groups in total. The molecule has 4 heteroatoms. The van der Waals surface area contributed by atoms with E-state index >= 15 is 0 Å². The van der Waals surface area contributed by atoms with Crippen LogP contribution < -0.4 is 5.32 Å². The fourth-order valence-electron chi connectivity index (χ4n) is 2.42. The lowest BCUT2D eigenvalue weighted by molar-refractivity contribution is 0.629. The van der Waals surface area contributed by atoms with Gasteiger partial charge in [-0.3, -0.25) is 4.98 Å². The summed E-state index contributed by atoms with van der Waals surface area (Å²) in [5.41, 5.74) is 3.56. The van der Waals surface area contributed by atoms with Gasteiger partial charge in [-0.15, -0.1) is 0 Å². The number of fused-ring (bicyclic) bond motifs is 1. The van der Waals surface area contributed by atoms with E-state index in [1.54, 1.807) is 0 Å². The summed E-state index contributed by atoms with van der Waals surface area (Å²) in [5, 5.41) is 4.35. The van der Waals surface area contributed by atoms with Gasteiger partial charge in [0.25, 0.3) is 0 Å². The molecule has 1 heterocycles. The molecule has 0 aliphatic heterocycles. The molecule has 0 spiro atoms.